The van der Waals surface area contributed by atoms with Crippen LogP contribution in [0.15, 0.2) is 61.3 Å². The normalized spacial score (nSPS) is 12.2. The van der Waals surface area contributed by atoms with E-state index >= 15 is 4.39 Å². The van der Waals surface area contributed by atoms with Crippen molar-refractivity contribution in [2.45, 2.75) is 13.0 Å². The number of nitrogens with zero attached hydrogens (tertiary/aromatic N) is 5. The Bertz CT molecular complexity index is 1470. The predicted molar refractivity (Wildman–Crippen MR) is 124 cm³/mol. The zero-order valence-corrected chi connectivity index (χ0v) is 18.0. The van der Waals surface area contributed by atoms with Crippen LogP contribution in [0.3, 0.4) is 0 Å². The maximum absolute atomic E-state index is 15.2. The van der Waals surface area contributed by atoms with Crippen molar-refractivity contribution in [3.63, 3.8) is 0 Å². The molecule has 0 saturated carbocycles. The number of hydrogen-bond donors (Lipinski definition) is 2. The summed E-state index contributed by atoms with van der Waals surface area (Å²) in [6.45, 7) is 1.59. The van der Waals surface area contributed by atoms with E-state index in [0.29, 0.717) is 33.4 Å². The van der Waals surface area contributed by atoms with Crippen LogP contribution in [0.2, 0.25) is 0 Å². The number of aliphatic hydroxyl groups excluding tert-OH is 1. The molecule has 0 fully saturated rings. The van der Waals surface area contributed by atoms with Gasteiger partial charge in [-0.05, 0) is 48.9 Å². The van der Waals surface area contributed by atoms with Gasteiger partial charge in [0.1, 0.15) is 24.0 Å². The molecule has 5 aromatic rings. The molecule has 0 aliphatic heterocycles. The summed E-state index contributed by atoms with van der Waals surface area (Å²) in [4.78, 5) is 13.0. The number of aryl methyl sites for hydroxylation is 1. The van der Waals surface area contributed by atoms with Crippen LogP contribution in [0, 0.1) is 5.82 Å². The van der Waals surface area contributed by atoms with Gasteiger partial charge in [0.15, 0.2) is 5.82 Å². The van der Waals surface area contributed by atoms with Crippen molar-refractivity contribution in [2.75, 3.05) is 11.9 Å². The molecule has 166 valence electrons. The fourth-order valence-corrected chi connectivity index (χ4v) is 3.67. The lowest BCUT2D eigenvalue weighted by Gasteiger charge is -2.17. The van der Waals surface area contributed by atoms with E-state index in [2.05, 4.69) is 25.4 Å². The van der Waals surface area contributed by atoms with Crippen molar-refractivity contribution in [3.05, 3.63) is 67.1 Å². The summed E-state index contributed by atoms with van der Waals surface area (Å²) in [6.07, 6.45) is 6.21. The average Bonchev–Trinajstić information content (AvgIpc) is 3.27. The first-order valence-corrected chi connectivity index (χ1v) is 10.4. The molecule has 5 rings (SSSR count). The molecule has 0 aliphatic carbocycles. The molecule has 8 nitrogen and oxygen atoms in total. The first kappa shape index (κ1) is 20.8. The van der Waals surface area contributed by atoms with E-state index in [9.17, 15) is 5.11 Å². The van der Waals surface area contributed by atoms with Gasteiger partial charge in [0.25, 0.3) is 0 Å². The largest absolute Gasteiger partial charge is 0.487 e. The first-order valence-electron chi connectivity index (χ1n) is 10.4. The fraction of sp³-hybridized carbons (Fsp3) is 0.167. The fourth-order valence-electron chi connectivity index (χ4n) is 3.67. The number of nitrogens with one attached hydrogen (secondary N) is 1. The molecular formula is C24H21FN6O2. The molecule has 1 atom stereocenters. The molecule has 0 spiro atoms. The highest BCUT2D eigenvalue weighted by Gasteiger charge is 2.17. The van der Waals surface area contributed by atoms with Gasteiger partial charge in [0.2, 0.25) is 0 Å². The number of pyridine rings is 1. The van der Waals surface area contributed by atoms with Crippen LogP contribution in [0.25, 0.3) is 32.9 Å². The second kappa shape index (κ2) is 8.44. The van der Waals surface area contributed by atoms with Crippen molar-refractivity contribution < 1.29 is 14.2 Å². The zero-order valence-electron chi connectivity index (χ0n) is 18.0. The Kier molecular flexibility index (Phi) is 5.31. The Balaban J connectivity index is 1.66. The summed E-state index contributed by atoms with van der Waals surface area (Å²) >= 11 is 0. The van der Waals surface area contributed by atoms with Gasteiger partial charge < -0.3 is 15.2 Å². The second-order valence-corrected chi connectivity index (χ2v) is 7.73. The third-order valence-corrected chi connectivity index (χ3v) is 5.30. The van der Waals surface area contributed by atoms with Crippen molar-refractivity contribution in [1.29, 1.82) is 0 Å². The molecule has 2 aromatic carbocycles. The van der Waals surface area contributed by atoms with Gasteiger partial charge in [-0.3, -0.25) is 9.67 Å². The van der Waals surface area contributed by atoms with Crippen LogP contribution in [0.5, 0.6) is 5.75 Å². The number of rotatable bonds is 6. The van der Waals surface area contributed by atoms with E-state index in [1.807, 2.05) is 25.4 Å². The number of ether oxygens (including phenoxy) is 1. The summed E-state index contributed by atoms with van der Waals surface area (Å²) in [5.41, 5.74) is 3.17. The quantitative estimate of drug-likeness (QED) is 0.405. The zero-order chi connectivity index (χ0) is 22.9. The Morgan fingerprint density at radius 1 is 1.12 bits per heavy atom. The standard InChI is InChI=1S/C24H21FN6O2/c1-14(12-32)33-21-9-15(16-10-29-31(2)11-16)8-20-22(21)24(28-13-27-20)30-19-6-5-18-17(23(19)25)4-3-7-26-18/h3-11,13-14,32H,12H2,1-2H3,(H,27,28,30)/t14-/m1/s1. The van der Waals surface area contributed by atoms with Crippen molar-refractivity contribution in [1.82, 2.24) is 24.7 Å². The lowest BCUT2D eigenvalue weighted by atomic mass is 10.1. The SMILES string of the molecule is C[C@H](CO)Oc1cc(-c2cnn(C)c2)cc2ncnc(Nc3ccc4ncccc4c3F)c12. The number of fused-ring (bicyclic) bond motifs is 2. The number of anilines is 2. The van der Waals surface area contributed by atoms with Crippen LogP contribution in [-0.2, 0) is 7.05 Å². The van der Waals surface area contributed by atoms with E-state index < -0.39 is 11.9 Å². The van der Waals surface area contributed by atoms with Crippen LogP contribution < -0.4 is 10.1 Å². The molecule has 0 bridgehead atoms. The smallest absolute Gasteiger partial charge is 0.156 e. The monoisotopic (exact) mass is 444 g/mol. The highest BCUT2D eigenvalue weighted by molar-refractivity contribution is 5.99. The minimum Gasteiger partial charge on any atom is -0.487 e. The molecule has 3 heterocycles. The van der Waals surface area contributed by atoms with Crippen LogP contribution in [-0.4, -0.2) is 42.5 Å². The minimum atomic E-state index is -0.464. The summed E-state index contributed by atoms with van der Waals surface area (Å²) in [5, 5.41) is 17.9. The Hall–Kier alpha value is -4.11. The predicted octanol–water partition coefficient (Wildman–Crippen LogP) is 4.22. The first-order chi connectivity index (χ1) is 16.0. The van der Waals surface area contributed by atoms with E-state index in [4.69, 9.17) is 4.74 Å². The minimum absolute atomic E-state index is 0.165. The molecule has 0 aliphatic rings. The molecule has 9 heteroatoms. The molecule has 3 aromatic heterocycles. The Morgan fingerprint density at radius 2 is 2.00 bits per heavy atom. The number of aromatic nitrogens is 5. The van der Waals surface area contributed by atoms with Gasteiger partial charge in [0, 0.05) is 30.4 Å². The number of benzene rings is 2. The van der Waals surface area contributed by atoms with E-state index in [0.717, 1.165) is 11.1 Å². The van der Waals surface area contributed by atoms with E-state index in [-0.39, 0.29) is 12.3 Å². The number of halogens is 1. The van der Waals surface area contributed by atoms with Crippen LogP contribution in [0.1, 0.15) is 6.92 Å². The van der Waals surface area contributed by atoms with Crippen molar-refractivity contribution in [3.8, 4) is 16.9 Å². The average molecular weight is 444 g/mol. The highest BCUT2D eigenvalue weighted by atomic mass is 19.1. The molecular weight excluding hydrogens is 423 g/mol. The maximum atomic E-state index is 15.2. The van der Waals surface area contributed by atoms with Gasteiger partial charge in [0.05, 0.1) is 34.9 Å². The third kappa shape index (κ3) is 3.94. The molecule has 2 N–H and O–H groups in total. The van der Waals surface area contributed by atoms with Gasteiger partial charge in [-0.15, -0.1) is 0 Å². The summed E-state index contributed by atoms with van der Waals surface area (Å²) in [7, 11) is 1.84. The van der Waals surface area contributed by atoms with Gasteiger partial charge >= 0.3 is 0 Å². The summed E-state index contributed by atoms with van der Waals surface area (Å²) < 4.78 is 22.9. The van der Waals surface area contributed by atoms with E-state index in [1.165, 1.54) is 6.33 Å². The molecule has 0 unspecified atom stereocenters. The molecule has 0 radical (unpaired) electrons. The lowest BCUT2D eigenvalue weighted by molar-refractivity contribution is 0.131. The molecule has 0 amide bonds. The van der Waals surface area contributed by atoms with E-state index in [1.54, 1.807) is 48.3 Å². The Morgan fingerprint density at radius 3 is 2.79 bits per heavy atom. The summed E-state index contributed by atoms with van der Waals surface area (Å²) in [6, 6.07) is 10.5. The number of aliphatic hydroxyl groups is 1. The lowest BCUT2D eigenvalue weighted by Crippen LogP contribution is -2.16. The van der Waals surface area contributed by atoms with Gasteiger partial charge in [-0.25, -0.2) is 14.4 Å². The maximum Gasteiger partial charge on any atom is 0.156 e. The summed E-state index contributed by atoms with van der Waals surface area (Å²) in [5.74, 6) is 0.435. The van der Waals surface area contributed by atoms with Gasteiger partial charge in [-0.2, -0.15) is 5.10 Å². The van der Waals surface area contributed by atoms with Gasteiger partial charge in [-0.1, -0.05) is 0 Å². The molecule has 0 saturated heterocycles. The van der Waals surface area contributed by atoms with Crippen LogP contribution >= 0.6 is 0 Å². The van der Waals surface area contributed by atoms with Crippen LogP contribution in [0.4, 0.5) is 15.9 Å². The number of hydrogen-bond acceptors (Lipinski definition) is 7. The van der Waals surface area contributed by atoms with Crippen molar-refractivity contribution >= 4 is 33.3 Å². The molecule has 33 heavy (non-hydrogen) atoms. The van der Waals surface area contributed by atoms with Crippen molar-refractivity contribution in [2.24, 2.45) is 7.05 Å². The highest BCUT2D eigenvalue weighted by Crippen LogP contribution is 2.37. The topological polar surface area (TPSA) is 98.0 Å². The second-order valence-electron chi connectivity index (χ2n) is 7.73. The Labute approximate surface area is 188 Å². The third-order valence-electron chi connectivity index (χ3n) is 5.30.